The molecule has 1 aliphatic carbocycles. The maximum atomic E-state index is 12.3. The van der Waals surface area contributed by atoms with E-state index in [4.69, 9.17) is 5.11 Å². The standard InChI is InChI=1S/C18H24N2O4/c1-18(2)8-7-13(10-18)17(24)20-14-5-3-12(4-6-14)9-15(21)19-11-16(22)23/h3-6,13H,7-11H2,1-2H3,(H,19,21)(H,20,24)(H,22,23). The first kappa shape index (κ1) is 18.0. The number of rotatable bonds is 6. The number of carboxylic acid groups (broad SMARTS) is 1. The molecule has 0 spiro atoms. The second-order valence-corrected chi connectivity index (χ2v) is 7.14. The van der Waals surface area contributed by atoms with Gasteiger partial charge >= 0.3 is 5.97 Å². The third-order valence-electron chi connectivity index (χ3n) is 4.36. The van der Waals surface area contributed by atoms with Crippen molar-refractivity contribution in [3.8, 4) is 0 Å². The summed E-state index contributed by atoms with van der Waals surface area (Å²) in [7, 11) is 0. The van der Waals surface area contributed by atoms with Gasteiger partial charge in [0.2, 0.25) is 11.8 Å². The van der Waals surface area contributed by atoms with Gasteiger partial charge < -0.3 is 15.7 Å². The lowest BCUT2D eigenvalue weighted by Crippen LogP contribution is -2.30. The summed E-state index contributed by atoms with van der Waals surface area (Å²) < 4.78 is 0. The Morgan fingerprint density at radius 1 is 1.21 bits per heavy atom. The number of carboxylic acids is 1. The highest BCUT2D eigenvalue weighted by molar-refractivity contribution is 5.92. The molecule has 2 rings (SSSR count). The highest BCUT2D eigenvalue weighted by Gasteiger charge is 2.34. The highest BCUT2D eigenvalue weighted by atomic mass is 16.4. The van der Waals surface area contributed by atoms with Crippen molar-refractivity contribution in [1.29, 1.82) is 0 Å². The SMILES string of the molecule is CC1(C)CCC(C(=O)Nc2ccc(CC(=O)NCC(=O)O)cc2)C1. The summed E-state index contributed by atoms with van der Waals surface area (Å²) >= 11 is 0. The minimum Gasteiger partial charge on any atom is -0.480 e. The van der Waals surface area contributed by atoms with Crippen LogP contribution in [0.2, 0.25) is 0 Å². The van der Waals surface area contributed by atoms with E-state index in [-0.39, 0.29) is 36.1 Å². The summed E-state index contributed by atoms with van der Waals surface area (Å²) in [5, 5.41) is 13.8. The molecule has 0 saturated heterocycles. The fourth-order valence-electron chi connectivity index (χ4n) is 3.03. The summed E-state index contributed by atoms with van der Waals surface area (Å²) in [5.74, 6) is -1.31. The summed E-state index contributed by atoms with van der Waals surface area (Å²) in [6.45, 7) is 3.99. The van der Waals surface area contributed by atoms with Crippen LogP contribution in [0.3, 0.4) is 0 Å². The molecule has 6 heteroatoms. The van der Waals surface area contributed by atoms with Crippen LogP contribution >= 0.6 is 0 Å². The van der Waals surface area contributed by atoms with E-state index in [1.807, 2.05) is 0 Å². The monoisotopic (exact) mass is 332 g/mol. The first-order valence-electron chi connectivity index (χ1n) is 8.13. The zero-order valence-corrected chi connectivity index (χ0v) is 14.1. The summed E-state index contributed by atoms with van der Waals surface area (Å²) in [4.78, 5) is 34.3. The van der Waals surface area contributed by atoms with Gasteiger partial charge in [-0.25, -0.2) is 0 Å². The molecule has 0 bridgehead atoms. The number of anilines is 1. The largest absolute Gasteiger partial charge is 0.480 e. The molecule has 0 heterocycles. The minimum atomic E-state index is -1.07. The second-order valence-electron chi connectivity index (χ2n) is 7.14. The van der Waals surface area contributed by atoms with Crippen LogP contribution in [0.5, 0.6) is 0 Å². The van der Waals surface area contributed by atoms with Crippen LogP contribution in [0.25, 0.3) is 0 Å². The Labute approximate surface area is 141 Å². The molecule has 0 aromatic heterocycles. The molecule has 1 atom stereocenters. The zero-order valence-electron chi connectivity index (χ0n) is 14.1. The van der Waals surface area contributed by atoms with E-state index in [2.05, 4.69) is 24.5 Å². The Kier molecular flexibility index (Phi) is 5.59. The molecule has 1 unspecified atom stereocenters. The maximum absolute atomic E-state index is 12.3. The van der Waals surface area contributed by atoms with Crippen LogP contribution in [0.4, 0.5) is 5.69 Å². The fourth-order valence-corrected chi connectivity index (χ4v) is 3.03. The lowest BCUT2D eigenvalue weighted by molar-refractivity contribution is -0.137. The van der Waals surface area contributed by atoms with Crippen LogP contribution in [0, 0.1) is 11.3 Å². The smallest absolute Gasteiger partial charge is 0.322 e. The first-order valence-corrected chi connectivity index (χ1v) is 8.13. The van der Waals surface area contributed by atoms with Crippen molar-refractivity contribution in [1.82, 2.24) is 5.32 Å². The van der Waals surface area contributed by atoms with Crippen molar-refractivity contribution in [3.63, 3.8) is 0 Å². The van der Waals surface area contributed by atoms with Crippen molar-refractivity contribution in [3.05, 3.63) is 29.8 Å². The third-order valence-corrected chi connectivity index (χ3v) is 4.36. The molecule has 1 aromatic carbocycles. The predicted octanol–water partition coefficient (Wildman–Crippen LogP) is 2.19. The zero-order chi connectivity index (χ0) is 17.7. The van der Waals surface area contributed by atoms with Crippen LogP contribution in [-0.2, 0) is 20.8 Å². The number of carbonyl (C=O) groups is 3. The molecule has 1 fully saturated rings. The van der Waals surface area contributed by atoms with Crippen molar-refractivity contribution >= 4 is 23.5 Å². The number of aliphatic carboxylic acids is 1. The van der Waals surface area contributed by atoms with E-state index in [0.29, 0.717) is 5.69 Å². The van der Waals surface area contributed by atoms with Crippen LogP contribution < -0.4 is 10.6 Å². The van der Waals surface area contributed by atoms with Crippen LogP contribution in [0.15, 0.2) is 24.3 Å². The van der Waals surface area contributed by atoms with E-state index in [0.717, 1.165) is 24.8 Å². The lowest BCUT2D eigenvalue weighted by Gasteiger charge is -2.17. The minimum absolute atomic E-state index is 0.0486. The van der Waals surface area contributed by atoms with Gasteiger partial charge in [0.25, 0.3) is 0 Å². The number of hydrogen-bond donors (Lipinski definition) is 3. The Hall–Kier alpha value is -2.37. The number of hydrogen-bond acceptors (Lipinski definition) is 3. The normalized spacial score (nSPS) is 18.8. The second kappa shape index (κ2) is 7.47. The van der Waals surface area contributed by atoms with Gasteiger partial charge in [0.15, 0.2) is 0 Å². The van der Waals surface area contributed by atoms with Gasteiger partial charge in [0.05, 0.1) is 6.42 Å². The summed E-state index contributed by atoms with van der Waals surface area (Å²) in [6, 6.07) is 7.04. The lowest BCUT2D eigenvalue weighted by atomic mass is 9.90. The summed E-state index contributed by atoms with van der Waals surface area (Å²) in [5.41, 5.74) is 1.70. The van der Waals surface area contributed by atoms with Crippen molar-refractivity contribution in [2.75, 3.05) is 11.9 Å². The molecular formula is C18H24N2O4. The molecule has 130 valence electrons. The molecule has 24 heavy (non-hydrogen) atoms. The first-order chi connectivity index (χ1) is 11.2. The molecular weight excluding hydrogens is 308 g/mol. The van der Waals surface area contributed by atoms with Gasteiger partial charge in [-0.15, -0.1) is 0 Å². The Morgan fingerprint density at radius 2 is 1.88 bits per heavy atom. The Balaban J connectivity index is 1.84. The van der Waals surface area contributed by atoms with E-state index in [1.165, 1.54) is 0 Å². The topological polar surface area (TPSA) is 95.5 Å². The van der Waals surface area contributed by atoms with Crippen LogP contribution in [0.1, 0.15) is 38.7 Å². The van der Waals surface area contributed by atoms with Crippen molar-refractivity contribution in [2.24, 2.45) is 11.3 Å². The highest BCUT2D eigenvalue weighted by Crippen LogP contribution is 2.41. The van der Waals surface area contributed by atoms with Gasteiger partial charge in [-0.3, -0.25) is 14.4 Å². The number of amides is 2. The number of carbonyl (C=O) groups excluding carboxylic acids is 2. The predicted molar refractivity (Wildman–Crippen MR) is 90.5 cm³/mol. The van der Waals surface area contributed by atoms with Gasteiger partial charge in [0, 0.05) is 11.6 Å². The maximum Gasteiger partial charge on any atom is 0.322 e. The number of nitrogens with one attached hydrogen (secondary N) is 2. The molecule has 3 N–H and O–H groups in total. The third kappa shape index (κ3) is 5.37. The van der Waals surface area contributed by atoms with E-state index < -0.39 is 5.97 Å². The summed E-state index contributed by atoms with van der Waals surface area (Å²) in [6.07, 6.45) is 3.00. The molecule has 1 saturated carbocycles. The molecule has 1 aliphatic rings. The van der Waals surface area contributed by atoms with Gasteiger partial charge in [0.1, 0.15) is 6.54 Å². The molecule has 1 aromatic rings. The van der Waals surface area contributed by atoms with Crippen molar-refractivity contribution < 1.29 is 19.5 Å². The van der Waals surface area contributed by atoms with Gasteiger partial charge in [-0.2, -0.15) is 0 Å². The average molecular weight is 332 g/mol. The van der Waals surface area contributed by atoms with Gasteiger partial charge in [-0.1, -0.05) is 26.0 Å². The van der Waals surface area contributed by atoms with E-state index >= 15 is 0 Å². The van der Waals surface area contributed by atoms with Gasteiger partial charge in [-0.05, 0) is 42.4 Å². The average Bonchev–Trinajstić information content (AvgIpc) is 2.87. The Bertz CT molecular complexity index is 622. The molecule has 2 amide bonds. The Morgan fingerprint density at radius 3 is 2.42 bits per heavy atom. The van der Waals surface area contributed by atoms with E-state index in [9.17, 15) is 14.4 Å². The molecule has 6 nitrogen and oxygen atoms in total. The number of benzene rings is 1. The quantitative estimate of drug-likeness (QED) is 0.744. The van der Waals surface area contributed by atoms with E-state index in [1.54, 1.807) is 24.3 Å². The molecule has 0 aliphatic heterocycles. The van der Waals surface area contributed by atoms with Crippen molar-refractivity contribution in [2.45, 2.75) is 39.5 Å². The molecule has 0 radical (unpaired) electrons. The van der Waals surface area contributed by atoms with Crippen LogP contribution in [-0.4, -0.2) is 29.4 Å². The fraction of sp³-hybridized carbons (Fsp3) is 0.500.